The quantitative estimate of drug-likeness (QED) is 0.450. The molecule has 0 aliphatic heterocycles. The molecule has 0 aromatic rings. The highest BCUT2D eigenvalue weighted by molar-refractivity contribution is 4.49. The van der Waals surface area contributed by atoms with Crippen molar-refractivity contribution in [1.82, 2.24) is 0 Å². The van der Waals surface area contributed by atoms with Crippen LogP contribution in [-0.2, 0) is 0 Å². The Morgan fingerprint density at radius 1 is 2.00 bits per heavy atom. The van der Waals surface area contributed by atoms with Crippen molar-refractivity contribution in [3.8, 4) is 0 Å². The summed E-state index contributed by atoms with van der Waals surface area (Å²) in [5.41, 5.74) is 0. The fraction of sp³-hybridized carbons (Fsp3) is 0.750. The third-order valence-electron chi connectivity index (χ3n) is 0.471. The molecule has 0 aromatic carbocycles. The molecule has 0 saturated carbocycles. The minimum Gasteiger partial charge on any atom is -0.425 e. The fourth-order valence-electron chi connectivity index (χ4n) is 0. The molecule has 0 amide bonds. The summed E-state index contributed by atoms with van der Waals surface area (Å²) in [6.45, 7) is 5.20. The van der Waals surface area contributed by atoms with Gasteiger partial charge in [0.1, 0.15) is 0 Å². The molecular weight excluding hydrogens is 64.0 g/mol. The van der Waals surface area contributed by atoms with Gasteiger partial charge in [0.2, 0.25) is 0 Å². The van der Waals surface area contributed by atoms with E-state index >= 15 is 0 Å². The molecule has 0 aliphatic carbocycles. The van der Waals surface area contributed by atoms with Gasteiger partial charge >= 0.3 is 0 Å². The van der Waals surface area contributed by atoms with Gasteiger partial charge in [-0.2, -0.15) is 0 Å². The van der Waals surface area contributed by atoms with Crippen LogP contribution in [0.5, 0.6) is 0 Å². The SMILES string of the molecule is [CH2-]C(O)CC. The van der Waals surface area contributed by atoms with Crippen molar-refractivity contribution in [1.29, 1.82) is 0 Å². The maximum atomic E-state index is 8.25. The normalized spacial score (nSPS) is 15.0. The van der Waals surface area contributed by atoms with E-state index in [1.54, 1.807) is 0 Å². The predicted molar refractivity (Wildman–Crippen MR) is 21.7 cm³/mol. The highest BCUT2D eigenvalue weighted by Crippen LogP contribution is 1.80. The molecule has 0 fully saturated rings. The molecular formula is C4H9O-. The number of hydrogen-bond donors (Lipinski definition) is 1. The fourth-order valence-corrected chi connectivity index (χ4v) is 0. The van der Waals surface area contributed by atoms with Gasteiger partial charge in [0.25, 0.3) is 0 Å². The molecule has 0 radical (unpaired) electrons. The highest BCUT2D eigenvalue weighted by Gasteiger charge is 1.72. The summed E-state index contributed by atoms with van der Waals surface area (Å²) >= 11 is 0. The van der Waals surface area contributed by atoms with Crippen LogP contribution in [0.15, 0.2) is 0 Å². The lowest BCUT2D eigenvalue weighted by atomic mass is 10.3. The monoisotopic (exact) mass is 73.1 g/mol. The summed E-state index contributed by atoms with van der Waals surface area (Å²) in [5.74, 6) is 0. The van der Waals surface area contributed by atoms with Crippen LogP contribution in [0, 0.1) is 6.92 Å². The highest BCUT2D eigenvalue weighted by atomic mass is 16.3. The molecule has 5 heavy (non-hydrogen) atoms. The second kappa shape index (κ2) is 2.21. The van der Waals surface area contributed by atoms with E-state index in [0.717, 1.165) is 6.42 Å². The van der Waals surface area contributed by atoms with Crippen LogP contribution in [0.25, 0.3) is 0 Å². The zero-order valence-corrected chi connectivity index (χ0v) is 3.44. The molecule has 1 unspecified atom stereocenters. The van der Waals surface area contributed by atoms with E-state index in [2.05, 4.69) is 6.92 Å². The second-order valence-corrected chi connectivity index (χ2v) is 1.06. The average molecular weight is 73.1 g/mol. The summed E-state index contributed by atoms with van der Waals surface area (Å²) in [4.78, 5) is 0. The standard InChI is InChI=1S/C4H9O/c1-3-4(2)5/h4-5H,2-3H2,1H3/q-1. The van der Waals surface area contributed by atoms with Crippen LogP contribution < -0.4 is 0 Å². The Morgan fingerprint density at radius 3 is 2.20 bits per heavy atom. The van der Waals surface area contributed by atoms with Crippen molar-refractivity contribution in [3.05, 3.63) is 6.92 Å². The topological polar surface area (TPSA) is 20.2 Å². The molecule has 32 valence electrons. The van der Waals surface area contributed by atoms with Gasteiger partial charge in [-0.1, -0.05) is 19.4 Å². The van der Waals surface area contributed by atoms with Crippen molar-refractivity contribution in [2.45, 2.75) is 19.4 Å². The maximum absolute atomic E-state index is 8.25. The van der Waals surface area contributed by atoms with Crippen molar-refractivity contribution in [2.75, 3.05) is 0 Å². The first kappa shape index (κ1) is 4.96. The molecule has 0 spiro atoms. The van der Waals surface area contributed by atoms with Crippen molar-refractivity contribution in [2.24, 2.45) is 0 Å². The van der Waals surface area contributed by atoms with Gasteiger partial charge in [0, 0.05) is 0 Å². The van der Waals surface area contributed by atoms with Crippen molar-refractivity contribution < 1.29 is 5.11 Å². The van der Waals surface area contributed by atoms with Gasteiger partial charge in [-0.05, 0) is 0 Å². The Kier molecular flexibility index (Phi) is 2.19. The van der Waals surface area contributed by atoms with Gasteiger partial charge in [0.05, 0.1) is 0 Å². The van der Waals surface area contributed by atoms with Crippen molar-refractivity contribution in [3.63, 3.8) is 0 Å². The minimum atomic E-state index is -0.366. The van der Waals surface area contributed by atoms with Crippen LogP contribution in [0.3, 0.4) is 0 Å². The first-order valence-electron chi connectivity index (χ1n) is 1.78. The zero-order chi connectivity index (χ0) is 4.28. The van der Waals surface area contributed by atoms with Gasteiger partial charge in [0.15, 0.2) is 0 Å². The molecule has 0 aromatic heterocycles. The van der Waals surface area contributed by atoms with Crippen LogP contribution in [0.4, 0.5) is 0 Å². The Labute approximate surface area is 32.6 Å². The second-order valence-electron chi connectivity index (χ2n) is 1.06. The third kappa shape index (κ3) is 3.96. The minimum absolute atomic E-state index is 0.366. The largest absolute Gasteiger partial charge is 0.425 e. The Balaban J connectivity index is 2.54. The average Bonchev–Trinajstić information content (AvgIpc) is 1.38. The van der Waals surface area contributed by atoms with Crippen LogP contribution in [-0.4, -0.2) is 11.2 Å². The molecule has 1 N–H and O–H groups in total. The van der Waals surface area contributed by atoms with E-state index in [0.29, 0.717) is 0 Å². The molecule has 1 nitrogen and oxygen atoms in total. The smallest absolute Gasteiger partial charge is 0.0585 e. The first-order chi connectivity index (χ1) is 2.27. The summed E-state index contributed by atoms with van der Waals surface area (Å²) in [6, 6.07) is 0. The molecule has 1 atom stereocenters. The van der Waals surface area contributed by atoms with Gasteiger partial charge in [-0.3, -0.25) is 0 Å². The number of rotatable bonds is 1. The van der Waals surface area contributed by atoms with E-state index in [-0.39, 0.29) is 6.10 Å². The van der Waals surface area contributed by atoms with E-state index in [1.807, 2.05) is 6.92 Å². The molecule has 0 bridgehead atoms. The summed E-state index contributed by atoms with van der Waals surface area (Å²) in [7, 11) is 0. The van der Waals surface area contributed by atoms with E-state index < -0.39 is 0 Å². The number of aliphatic hydroxyl groups excluding tert-OH is 1. The van der Waals surface area contributed by atoms with Gasteiger partial charge < -0.3 is 12.0 Å². The van der Waals surface area contributed by atoms with Crippen LogP contribution in [0.2, 0.25) is 0 Å². The lowest BCUT2D eigenvalue weighted by molar-refractivity contribution is 0.216. The summed E-state index contributed by atoms with van der Waals surface area (Å²) < 4.78 is 0. The maximum Gasteiger partial charge on any atom is -0.0585 e. The molecule has 1 heteroatoms. The zero-order valence-electron chi connectivity index (χ0n) is 3.44. The van der Waals surface area contributed by atoms with Gasteiger partial charge in [-0.25, -0.2) is 0 Å². The third-order valence-corrected chi connectivity index (χ3v) is 0.471. The molecule has 0 heterocycles. The Hall–Kier alpha value is -0.0400. The van der Waals surface area contributed by atoms with Gasteiger partial charge in [-0.15, -0.1) is 0 Å². The Bertz CT molecular complexity index is 17.6. The van der Waals surface area contributed by atoms with E-state index in [9.17, 15) is 0 Å². The van der Waals surface area contributed by atoms with E-state index in [1.165, 1.54) is 0 Å². The lowest BCUT2D eigenvalue weighted by Crippen LogP contribution is -1.93. The van der Waals surface area contributed by atoms with Crippen molar-refractivity contribution >= 4 is 0 Å². The predicted octanol–water partition coefficient (Wildman–Crippen LogP) is 0.591. The summed E-state index contributed by atoms with van der Waals surface area (Å²) in [5, 5.41) is 8.25. The van der Waals surface area contributed by atoms with Crippen LogP contribution in [0.1, 0.15) is 13.3 Å². The molecule has 0 aliphatic rings. The molecule has 0 saturated heterocycles. The first-order valence-corrected chi connectivity index (χ1v) is 1.78. The number of hydrogen-bond acceptors (Lipinski definition) is 1. The lowest BCUT2D eigenvalue weighted by Gasteiger charge is -2.00. The van der Waals surface area contributed by atoms with E-state index in [4.69, 9.17) is 5.11 Å². The summed E-state index contributed by atoms with van der Waals surface area (Å²) in [6.07, 6.45) is 0.384. The Morgan fingerprint density at radius 2 is 2.20 bits per heavy atom. The van der Waals surface area contributed by atoms with Crippen LogP contribution >= 0.6 is 0 Å². The molecule has 0 rings (SSSR count). The number of aliphatic hydroxyl groups is 1.